The molecule has 1 aromatic carbocycles. The van der Waals surface area contributed by atoms with Gasteiger partial charge in [-0.1, -0.05) is 54.8 Å². The summed E-state index contributed by atoms with van der Waals surface area (Å²) in [5.74, 6) is -0.440. The van der Waals surface area contributed by atoms with Gasteiger partial charge in [0, 0.05) is 4.47 Å². The second-order valence-corrected chi connectivity index (χ2v) is 5.70. The minimum Gasteiger partial charge on any atom is -0.481 e. The minimum atomic E-state index is -0.679. The third kappa shape index (κ3) is 4.81. The average molecular weight is 313 g/mol. The van der Waals surface area contributed by atoms with Gasteiger partial charge in [0.1, 0.15) is 0 Å². The summed E-state index contributed by atoms with van der Waals surface area (Å²) in [4.78, 5) is 11.3. The van der Waals surface area contributed by atoms with Gasteiger partial charge in [-0.15, -0.1) is 0 Å². The molecule has 0 fully saturated rings. The fraction of sp³-hybridized carbons (Fsp3) is 0.533. The Balaban J connectivity index is 2.71. The molecule has 0 amide bonds. The van der Waals surface area contributed by atoms with Crippen LogP contribution in [-0.4, -0.2) is 11.1 Å². The maximum Gasteiger partial charge on any atom is 0.306 e. The summed E-state index contributed by atoms with van der Waals surface area (Å²) in [7, 11) is 0. The zero-order valence-electron chi connectivity index (χ0n) is 11.0. The standard InChI is InChI=1S/C15H21BrO2/c1-3-11(4-2)8-13(15(17)18)9-12-6-5-7-14(16)10-12/h5-7,10-11,13H,3-4,8-9H2,1-2H3,(H,17,18). The van der Waals surface area contributed by atoms with E-state index in [0.29, 0.717) is 12.3 Å². The van der Waals surface area contributed by atoms with Crippen LogP contribution in [0.15, 0.2) is 28.7 Å². The molecule has 0 aliphatic carbocycles. The zero-order chi connectivity index (χ0) is 13.5. The molecule has 3 heteroatoms. The molecule has 0 heterocycles. The molecule has 100 valence electrons. The first-order valence-electron chi connectivity index (χ1n) is 6.54. The highest BCUT2D eigenvalue weighted by atomic mass is 79.9. The van der Waals surface area contributed by atoms with Gasteiger partial charge in [-0.25, -0.2) is 0 Å². The minimum absolute atomic E-state index is 0.274. The van der Waals surface area contributed by atoms with Crippen LogP contribution in [0.4, 0.5) is 0 Å². The normalized spacial score (nSPS) is 12.7. The quantitative estimate of drug-likeness (QED) is 0.803. The van der Waals surface area contributed by atoms with E-state index in [-0.39, 0.29) is 5.92 Å². The number of hydrogen-bond donors (Lipinski definition) is 1. The maximum atomic E-state index is 11.3. The van der Waals surface area contributed by atoms with Gasteiger partial charge in [-0.3, -0.25) is 4.79 Å². The predicted molar refractivity (Wildman–Crippen MR) is 77.7 cm³/mol. The molecule has 0 bridgehead atoms. The fourth-order valence-corrected chi connectivity index (χ4v) is 2.69. The van der Waals surface area contributed by atoms with Crippen molar-refractivity contribution < 1.29 is 9.90 Å². The van der Waals surface area contributed by atoms with Gasteiger partial charge in [0.05, 0.1) is 5.92 Å². The van der Waals surface area contributed by atoms with E-state index in [4.69, 9.17) is 0 Å². The lowest BCUT2D eigenvalue weighted by atomic mass is 9.87. The Bertz CT molecular complexity index is 386. The summed E-state index contributed by atoms with van der Waals surface area (Å²) in [5, 5.41) is 9.33. The topological polar surface area (TPSA) is 37.3 Å². The number of carboxylic acids is 1. The molecule has 1 rings (SSSR count). The molecular weight excluding hydrogens is 292 g/mol. The van der Waals surface area contributed by atoms with Gasteiger partial charge < -0.3 is 5.11 Å². The summed E-state index contributed by atoms with van der Waals surface area (Å²) >= 11 is 3.42. The Morgan fingerprint density at radius 1 is 1.33 bits per heavy atom. The van der Waals surface area contributed by atoms with Crippen molar-refractivity contribution >= 4 is 21.9 Å². The lowest BCUT2D eigenvalue weighted by molar-refractivity contribution is -0.142. The van der Waals surface area contributed by atoms with Gasteiger partial charge >= 0.3 is 5.97 Å². The fourth-order valence-electron chi connectivity index (χ4n) is 2.24. The lowest BCUT2D eigenvalue weighted by Gasteiger charge is -2.18. The molecule has 0 saturated heterocycles. The van der Waals surface area contributed by atoms with E-state index in [0.717, 1.165) is 29.3 Å². The van der Waals surface area contributed by atoms with E-state index >= 15 is 0 Å². The van der Waals surface area contributed by atoms with Gasteiger partial charge in [-0.2, -0.15) is 0 Å². The number of rotatable bonds is 7. The monoisotopic (exact) mass is 312 g/mol. The molecule has 18 heavy (non-hydrogen) atoms. The molecule has 1 N–H and O–H groups in total. The molecule has 1 unspecified atom stereocenters. The summed E-state index contributed by atoms with van der Waals surface area (Å²) in [5.41, 5.74) is 1.09. The highest BCUT2D eigenvalue weighted by Gasteiger charge is 2.21. The van der Waals surface area contributed by atoms with Crippen LogP contribution in [0, 0.1) is 11.8 Å². The van der Waals surface area contributed by atoms with Gasteiger partial charge in [0.15, 0.2) is 0 Å². The van der Waals surface area contributed by atoms with E-state index in [1.54, 1.807) is 0 Å². The Morgan fingerprint density at radius 3 is 2.50 bits per heavy atom. The molecule has 2 nitrogen and oxygen atoms in total. The predicted octanol–water partition coefficient (Wildman–Crippen LogP) is 4.52. The third-order valence-electron chi connectivity index (χ3n) is 3.49. The number of aliphatic carboxylic acids is 1. The highest BCUT2D eigenvalue weighted by molar-refractivity contribution is 9.10. The second-order valence-electron chi connectivity index (χ2n) is 4.79. The molecule has 0 saturated carbocycles. The summed E-state index contributed by atoms with van der Waals surface area (Å²) in [6.45, 7) is 4.26. The number of carboxylic acid groups (broad SMARTS) is 1. The smallest absolute Gasteiger partial charge is 0.306 e. The summed E-state index contributed by atoms with van der Waals surface area (Å²) < 4.78 is 1.01. The molecular formula is C15H21BrO2. The summed E-state index contributed by atoms with van der Waals surface area (Å²) in [6.07, 6.45) is 3.50. The van der Waals surface area contributed by atoms with Crippen LogP contribution < -0.4 is 0 Å². The number of hydrogen-bond acceptors (Lipinski definition) is 1. The summed E-state index contributed by atoms with van der Waals surface area (Å²) in [6, 6.07) is 7.91. The van der Waals surface area contributed by atoms with Crippen LogP contribution in [0.1, 0.15) is 38.7 Å². The molecule has 0 aromatic heterocycles. The van der Waals surface area contributed by atoms with Crippen molar-refractivity contribution in [3.8, 4) is 0 Å². The van der Waals surface area contributed by atoms with E-state index in [1.807, 2.05) is 24.3 Å². The van der Waals surface area contributed by atoms with Crippen LogP contribution >= 0.6 is 15.9 Å². The molecule has 1 aromatic rings. The van der Waals surface area contributed by atoms with E-state index in [9.17, 15) is 9.90 Å². The average Bonchev–Trinajstić information content (AvgIpc) is 2.34. The van der Waals surface area contributed by atoms with Crippen molar-refractivity contribution in [2.24, 2.45) is 11.8 Å². The van der Waals surface area contributed by atoms with Crippen LogP contribution in [0.2, 0.25) is 0 Å². The number of halogens is 1. The van der Waals surface area contributed by atoms with Crippen molar-refractivity contribution in [1.82, 2.24) is 0 Å². The highest BCUT2D eigenvalue weighted by Crippen LogP contribution is 2.23. The van der Waals surface area contributed by atoms with Crippen LogP contribution in [0.5, 0.6) is 0 Å². The molecule has 0 spiro atoms. The van der Waals surface area contributed by atoms with Crippen molar-refractivity contribution in [2.45, 2.75) is 39.5 Å². The van der Waals surface area contributed by atoms with Crippen molar-refractivity contribution in [3.05, 3.63) is 34.3 Å². The van der Waals surface area contributed by atoms with Crippen LogP contribution in [0.3, 0.4) is 0 Å². The van der Waals surface area contributed by atoms with Crippen LogP contribution in [0.25, 0.3) is 0 Å². The van der Waals surface area contributed by atoms with Gasteiger partial charge in [0.2, 0.25) is 0 Å². The van der Waals surface area contributed by atoms with Crippen molar-refractivity contribution in [1.29, 1.82) is 0 Å². The zero-order valence-corrected chi connectivity index (χ0v) is 12.6. The van der Waals surface area contributed by atoms with E-state index < -0.39 is 5.97 Å². The Labute approximate surface area is 118 Å². The van der Waals surface area contributed by atoms with Crippen molar-refractivity contribution in [2.75, 3.05) is 0 Å². The van der Waals surface area contributed by atoms with E-state index in [2.05, 4.69) is 29.8 Å². The van der Waals surface area contributed by atoms with Crippen LogP contribution in [-0.2, 0) is 11.2 Å². The maximum absolute atomic E-state index is 11.3. The molecule has 0 aliphatic rings. The number of benzene rings is 1. The SMILES string of the molecule is CCC(CC)CC(Cc1cccc(Br)c1)C(=O)O. The Hall–Kier alpha value is -0.830. The largest absolute Gasteiger partial charge is 0.481 e. The molecule has 0 aliphatic heterocycles. The first-order chi connectivity index (χ1) is 8.56. The van der Waals surface area contributed by atoms with E-state index in [1.165, 1.54) is 0 Å². The Kier molecular flexibility index (Phi) is 6.41. The first-order valence-corrected chi connectivity index (χ1v) is 7.33. The molecule has 1 atom stereocenters. The molecule has 0 radical (unpaired) electrons. The third-order valence-corrected chi connectivity index (χ3v) is 3.99. The second kappa shape index (κ2) is 7.57. The van der Waals surface area contributed by atoms with Gasteiger partial charge in [-0.05, 0) is 36.5 Å². The van der Waals surface area contributed by atoms with Crippen molar-refractivity contribution in [3.63, 3.8) is 0 Å². The lowest BCUT2D eigenvalue weighted by Crippen LogP contribution is -2.20. The first kappa shape index (κ1) is 15.2. The Morgan fingerprint density at radius 2 is 2.00 bits per heavy atom. The van der Waals surface area contributed by atoms with Gasteiger partial charge in [0.25, 0.3) is 0 Å². The number of carbonyl (C=O) groups is 1.